The molecule has 24 heavy (non-hydrogen) atoms. The molecule has 4 rings (SSSR count). The second kappa shape index (κ2) is 6.21. The van der Waals surface area contributed by atoms with Gasteiger partial charge in [0.2, 0.25) is 0 Å². The van der Waals surface area contributed by atoms with Crippen LogP contribution in [0.4, 0.5) is 5.69 Å². The van der Waals surface area contributed by atoms with Gasteiger partial charge in [-0.05, 0) is 42.5 Å². The van der Waals surface area contributed by atoms with Gasteiger partial charge in [-0.1, -0.05) is 17.7 Å². The van der Waals surface area contributed by atoms with E-state index in [0.29, 0.717) is 18.7 Å². The van der Waals surface area contributed by atoms with Crippen molar-refractivity contribution in [1.29, 1.82) is 0 Å². The number of furan rings is 1. The third kappa shape index (κ3) is 2.85. The highest BCUT2D eigenvalue weighted by atomic mass is 35.5. The highest BCUT2D eigenvalue weighted by Crippen LogP contribution is 2.22. The van der Waals surface area contributed by atoms with Gasteiger partial charge in [0, 0.05) is 47.8 Å². The van der Waals surface area contributed by atoms with E-state index in [1.54, 1.807) is 6.26 Å². The molecule has 0 bridgehead atoms. The Hall–Kier alpha value is -2.46. The predicted octanol–water partition coefficient (Wildman–Crippen LogP) is 4.05. The fourth-order valence-corrected chi connectivity index (χ4v) is 3.31. The van der Waals surface area contributed by atoms with Gasteiger partial charge in [0.1, 0.15) is 5.58 Å². The summed E-state index contributed by atoms with van der Waals surface area (Å²) in [6.45, 7) is 3.02. The van der Waals surface area contributed by atoms with Gasteiger partial charge < -0.3 is 14.2 Å². The first-order valence-corrected chi connectivity index (χ1v) is 8.35. The molecule has 0 saturated carbocycles. The lowest BCUT2D eigenvalue weighted by atomic mass is 10.1. The first-order chi connectivity index (χ1) is 11.7. The number of rotatable bonds is 2. The van der Waals surface area contributed by atoms with Gasteiger partial charge in [0.05, 0.1) is 6.26 Å². The molecular formula is C19H17ClN2O2. The maximum absolute atomic E-state index is 12.7. The molecule has 2 heterocycles. The van der Waals surface area contributed by atoms with Crippen LogP contribution >= 0.6 is 11.6 Å². The summed E-state index contributed by atoms with van der Waals surface area (Å²) in [6.07, 6.45) is 1.64. The molecule has 0 spiro atoms. The van der Waals surface area contributed by atoms with Crippen molar-refractivity contribution in [2.45, 2.75) is 0 Å². The molecule has 1 saturated heterocycles. The van der Waals surface area contributed by atoms with Crippen LogP contribution in [0.2, 0.25) is 5.02 Å². The molecule has 0 atom stereocenters. The topological polar surface area (TPSA) is 36.7 Å². The molecule has 1 aliphatic heterocycles. The molecule has 0 radical (unpaired) electrons. The molecule has 1 aromatic heterocycles. The lowest BCUT2D eigenvalue weighted by molar-refractivity contribution is 0.0747. The van der Waals surface area contributed by atoms with E-state index in [-0.39, 0.29) is 5.91 Å². The average molecular weight is 341 g/mol. The number of nitrogens with zero attached hydrogens (tertiary/aromatic N) is 2. The number of benzene rings is 2. The Balaban J connectivity index is 1.46. The normalized spacial score (nSPS) is 15.0. The van der Waals surface area contributed by atoms with E-state index in [0.717, 1.165) is 34.8 Å². The van der Waals surface area contributed by atoms with Gasteiger partial charge >= 0.3 is 0 Å². The quantitative estimate of drug-likeness (QED) is 0.706. The molecule has 1 aliphatic rings. The van der Waals surface area contributed by atoms with Crippen molar-refractivity contribution in [1.82, 2.24) is 4.90 Å². The third-order valence-corrected chi connectivity index (χ3v) is 4.67. The number of carbonyl (C=O) groups is 1. The second-order valence-electron chi connectivity index (χ2n) is 5.93. The van der Waals surface area contributed by atoms with Crippen LogP contribution in [-0.4, -0.2) is 37.0 Å². The van der Waals surface area contributed by atoms with Gasteiger partial charge in [0.25, 0.3) is 5.91 Å². The summed E-state index contributed by atoms with van der Waals surface area (Å²) in [5, 5.41) is 1.69. The van der Waals surface area contributed by atoms with E-state index in [4.69, 9.17) is 16.0 Å². The summed E-state index contributed by atoms with van der Waals surface area (Å²) in [7, 11) is 0. The van der Waals surface area contributed by atoms with Crippen LogP contribution in [0.5, 0.6) is 0 Å². The molecular weight excluding hydrogens is 324 g/mol. The smallest absolute Gasteiger partial charge is 0.254 e. The van der Waals surface area contributed by atoms with Crippen molar-refractivity contribution in [3.05, 3.63) is 65.4 Å². The van der Waals surface area contributed by atoms with E-state index < -0.39 is 0 Å². The third-order valence-electron chi connectivity index (χ3n) is 4.44. The van der Waals surface area contributed by atoms with Crippen molar-refractivity contribution in [3.63, 3.8) is 0 Å². The molecule has 3 aromatic rings. The largest absolute Gasteiger partial charge is 0.464 e. The fourth-order valence-electron chi connectivity index (χ4n) is 3.12. The molecule has 1 fully saturated rings. The molecule has 0 aliphatic carbocycles. The summed E-state index contributed by atoms with van der Waals surface area (Å²) in [4.78, 5) is 16.9. The Labute approximate surface area is 145 Å². The number of piperazine rings is 1. The first kappa shape index (κ1) is 15.1. The summed E-state index contributed by atoms with van der Waals surface area (Å²) in [5.74, 6) is 0.0730. The zero-order valence-corrected chi connectivity index (χ0v) is 13.9. The molecule has 4 nitrogen and oxygen atoms in total. The van der Waals surface area contributed by atoms with Crippen LogP contribution < -0.4 is 4.90 Å². The standard InChI is InChI=1S/C19H17ClN2O2/c20-16-2-1-3-17(13-16)21-7-9-22(10-8-21)19(23)15-4-5-18-14(12-15)6-11-24-18/h1-6,11-13H,7-10H2. The van der Waals surface area contributed by atoms with Crippen LogP contribution in [0.15, 0.2) is 59.2 Å². The minimum Gasteiger partial charge on any atom is -0.464 e. The number of amides is 1. The van der Waals surface area contributed by atoms with E-state index >= 15 is 0 Å². The first-order valence-electron chi connectivity index (χ1n) is 7.98. The van der Waals surface area contributed by atoms with E-state index in [9.17, 15) is 4.79 Å². The number of carbonyl (C=O) groups excluding carboxylic acids is 1. The molecule has 0 N–H and O–H groups in total. The molecule has 122 valence electrons. The van der Waals surface area contributed by atoms with Crippen LogP contribution in [0.1, 0.15) is 10.4 Å². The molecule has 0 unspecified atom stereocenters. The Morgan fingerprint density at radius 2 is 1.83 bits per heavy atom. The zero-order chi connectivity index (χ0) is 16.5. The lowest BCUT2D eigenvalue weighted by Gasteiger charge is -2.36. The number of anilines is 1. The van der Waals surface area contributed by atoms with Crippen molar-refractivity contribution in [2.24, 2.45) is 0 Å². The average Bonchev–Trinajstić information content (AvgIpc) is 3.09. The van der Waals surface area contributed by atoms with E-state index in [2.05, 4.69) is 11.0 Å². The Morgan fingerprint density at radius 1 is 1.00 bits per heavy atom. The minimum absolute atomic E-state index is 0.0730. The van der Waals surface area contributed by atoms with Crippen LogP contribution in [0, 0.1) is 0 Å². The van der Waals surface area contributed by atoms with Gasteiger partial charge in [-0.25, -0.2) is 0 Å². The summed E-state index contributed by atoms with van der Waals surface area (Å²) in [6, 6.07) is 15.3. The number of halogens is 1. The second-order valence-corrected chi connectivity index (χ2v) is 6.37. The highest BCUT2D eigenvalue weighted by molar-refractivity contribution is 6.30. The van der Waals surface area contributed by atoms with Crippen LogP contribution in [0.25, 0.3) is 11.0 Å². The summed E-state index contributed by atoms with van der Waals surface area (Å²) >= 11 is 6.06. The Kier molecular flexibility index (Phi) is 3.90. The fraction of sp³-hybridized carbons (Fsp3) is 0.211. The number of fused-ring (bicyclic) bond motifs is 1. The Morgan fingerprint density at radius 3 is 2.62 bits per heavy atom. The van der Waals surface area contributed by atoms with E-state index in [1.807, 2.05) is 47.4 Å². The zero-order valence-electron chi connectivity index (χ0n) is 13.1. The summed E-state index contributed by atoms with van der Waals surface area (Å²) in [5.41, 5.74) is 2.62. The SMILES string of the molecule is O=C(c1ccc2occc2c1)N1CCN(c2cccc(Cl)c2)CC1. The van der Waals surface area contributed by atoms with Gasteiger partial charge in [-0.3, -0.25) is 4.79 Å². The van der Waals surface area contributed by atoms with Gasteiger partial charge in [0.15, 0.2) is 0 Å². The predicted molar refractivity (Wildman–Crippen MR) is 95.8 cm³/mol. The lowest BCUT2D eigenvalue weighted by Crippen LogP contribution is -2.48. The van der Waals surface area contributed by atoms with Crippen molar-refractivity contribution in [2.75, 3.05) is 31.1 Å². The van der Waals surface area contributed by atoms with Crippen molar-refractivity contribution >= 4 is 34.2 Å². The van der Waals surface area contributed by atoms with Crippen molar-refractivity contribution in [3.8, 4) is 0 Å². The highest BCUT2D eigenvalue weighted by Gasteiger charge is 2.22. The maximum Gasteiger partial charge on any atom is 0.254 e. The van der Waals surface area contributed by atoms with Crippen molar-refractivity contribution < 1.29 is 9.21 Å². The molecule has 1 amide bonds. The number of hydrogen-bond donors (Lipinski definition) is 0. The Bertz CT molecular complexity index is 882. The van der Waals surface area contributed by atoms with Gasteiger partial charge in [-0.15, -0.1) is 0 Å². The summed E-state index contributed by atoms with van der Waals surface area (Å²) < 4.78 is 5.33. The number of hydrogen-bond acceptors (Lipinski definition) is 3. The molecule has 5 heteroatoms. The van der Waals surface area contributed by atoms with Crippen LogP contribution in [0.3, 0.4) is 0 Å². The maximum atomic E-state index is 12.7. The van der Waals surface area contributed by atoms with Crippen LogP contribution in [-0.2, 0) is 0 Å². The van der Waals surface area contributed by atoms with Gasteiger partial charge in [-0.2, -0.15) is 0 Å². The molecule has 2 aromatic carbocycles. The van der Waals surface area contributed by atoms with E-state index in [1.165, 1.54) is 0 Å². The minimum atomic E-state index is 0.0730. The monoisotopic (exact) mass is 340 g/mol.